The summed E-state index contributed by atoms with van der Waals surface area (Å²) in [7, 11) is 3.23. The lowest BCUT2D eigenvalue weighted by Gasteiger charge is -2.44. The summed E-state index contributed by atoms with van der Waals surface area (Å²) in [5.41, 5.74) is 4.97. The Morgan fingerprint density at radius 1 is 0.972 bits per heavy atom. The zero-order chi connectivity index (χ0) is 24.4. The minimum atomic E-state index is -0.396. The van der Waals surface area contributed by atoms with Gasteiger partial charge in [0.15, 0.2) is 23.0 Å². The molecule has 1 amide bonds. The number of amides is 1. The number of methoxy groups -OCH3 is 2. The Labute approximate surface area is 208 Å². The lowest BCUT2D eigenvalue weighted by atomic mass is 9.72. The van der Waals surface area contributed by atoms with Crippen LogP contribution in [0.3, 0.4) is 0 Å². The number of carbonyl (C=O) groups excluding carboxylic acids is 1. The van der Waals surface area contributed by atoms with E-state index in [0.717, 1.165) is 27.8 Å². The maximum Gasteiger partial charge on any atom is 0.410 e. The molecule has 3 aliphatic heterocycles. The molecule has 1 aliphatic carbocycles. The Morgan fingerprint density at radius 3 is 2.50 bits per heavy atom. The third-order valence-corrected chi connectivity index (χ3v) is 7.57. The number of carbonyl (C=O) groups is 1. The molecule has 1 saturated heterocycles. The zero-order valence-corrected chi connectivity index (χ0v) is 19.9. The fourth-order valence-corrected chi connectivity index (χ4v) is 5.94. The molecule has 0 bridgehead atoms. The summed E-state index contributed by atoms with van der Waals surface area (Å²) >= 11 is 0. The Hall–Kier alpha value is -3.91. The van der Waals surface area contributed by atoms with Gasteiger partial charge in [-0.2, -0.15) is 0 Å². The van der Waals surface area contributed by atoms with Crippen molar-refractivity contribution in [3.63, 3.8) is 0 Å². The molecule has 1 fully saturated rings. The summed E-state index contributed by atoms with van der Waals surface area (Å²) in [6.07, 6.45) is -0.520. The first-order valence-corrected chi connectivity index (χ1v) is 12.0. The molecule has 3 aromatic rings. The summed E-state index contributed by atoms with van der Waals surface area (Å²) in [6, 6.07) is 17.4. The minimum Gasteiger partial charge on any atom is -0.493 e. The van der Waals surface area contributed by atoms with E-state index in [9.17, 15) is 4.79 Å². The van der Waals surface area contributed by atoms with Gasteiger partial charge in [-0.25, -0.2) is 4.79 Å². The van der Waals surface area contributed by atoms with E-state index in [1.54, 1.807) is 19.1 Å². The molecule has 4 atom stereocenters. The van der Waals surface area contributed by atoms with Crippen LogP contribution in [0, 0.1) is 0 Å². The highest BCUT2D eigenvalue weighted by Gasteiger charge is 2.59. The van der Waals surface area contributed by atoms with Crippen molar-refractivity contribution in [2.75, 3.05) is 21.0 Å². The number of fused-ring (bicyclic) bond motifs is 9. The Balaban J connectivity index is 1.34. The molecule has 0 spiro atoms. The molecular weight excluding hydrogens is 462 g/mol. The summed E-state index contributed by atoms with van der Waals surface area (Å²) < 4.78 is 34.7. The smallest absolute Gasteiger partial charge is 0.410 e. The highest BCUT2D eigenvalue weighted by atomic mass is 16.7. The van der Waals surface area contributed by atoms with Gasteiger partial charge in [0, 0.05) is 11.5 Å². The van der Waals surface area contributed by atoms with Crippen LogP contribution in [0.4, 0.5) is 4.79 Å². The molecule has 184 valence electrons. The quantitative estimate of drug-likeness (QED) is 0.486. The first-order chi connectivity index (χ1) is 17.7. The van der Waals surface area contributed by atoms with Crippen molar-refractivity contribution in [3.05, 3.63) is 82.4 Å². The van der Waals surface area contributed by atoms with Crippen LogP contribution in [0.25, 0.3) is 0 Å². The van der Waals surface area contributed by atoms with E-state index in [2.05, 4.69) is 6.07 Å². The lowest BCUT2D eigenvalue weighted by Crippen LogP contribution is -2.44. The van der Waals surface area contributed by atoms with Crippen LogP contribution in [0.15, 0.2) is 54.6 Å². The number of rotatable bonds is 4. The predicted octanol–water partition coefficient (Wildman–Crippen LogP) is 4.86. The van der Waals surface area contributed by atoms with E-state index in [-0.39, 0.29) is 37.6 Å². The first kappa shape index (κ1) is 21.4. The second-order valence-corrected chi connectivity index (χ2v) is 9.36. The van der Waals surface area contributed by atoms with E-state index in [0.29, 0.717) is 29.5 Å². The normalized spacial score (nSPS) is 24.1. The number of hydrogen-bond acceptors (Lipinski definition) is 7. The van der Waals surface area contributed by atoms with Crippen LogP contribution in [-0.4, -0.2) is 38.1 Å². The van der Waals surface area contributed by atoms with Gasteiger partial charge in [-0.1, -0.05) is 36.4 Å². The number of ether oxygens (including phenoxy) is 6. The molecule has 7 rings (SSSR count). The molecule has 8 nitrogen and oxygen atoms in total. The van der Waals surface area contributed by atoms with Gasteiger partial charge in [-0.05, 0) is 40.5 Å². The summed E-state index contributed by atoms with van der Waals surface area (Å²) in [6.45, 7) is 0.686. The molecular formula is C28H25NO7. The van der Waals surface area contributed by atoms with Crippen LogP contribution >= 0.6 is 0 Å². The molecule has 0 unspecified atom stereocenters. The van der Waals surface area contributed by atoms with Crippen molar-refractivity contribution in [1.82, 2.24) is 4.90 Å². The molecule has 0 aromatic heterocycles. The maximum absolute atomic E-state index is 13.7. The zero-order valence-electron chi connectivity index (χ0n) is 19.9. The van der Waals surface area contributed by atoms with Gasteiger partial charge in [0.2, 0.25) is 6.79 Å². The van der Waals surface area contributed by atoms with Gasteiger partial charge in [-0.15, -0.1) is 0 Å². The fourth-order valence-electron chi connectivity index (χ4n) is 5.94. The second kappa shape index (κ2) is 8.06. The van der Waals surface area contributed by atoms with Crippen molar-refractivity contribution in [1.29, 1.82) is 0 Å². The Kier molecular flexibility index (Phi) is 4.79. The second-order valence-electron chi connectivity index (χ2n) is 9.36. The van der Waals surface area contributed by atoms with Gasteiger partial charge in [-0.3, -0.25) is 4.90 Å². The minimum absolute atomic E-state index is 0.0583. The molecule has 3 heterocycles. The standard InChI is InChI=1S/C28H25NO7/c1-31-20-9-8-16-19(25(20)32-2)12-29(28(30)33-13-15-6-4-3-5-7-15)24-17-10-21-22(35-14-34-21)11-18(17)26-27(36-26)23(16)24/h3-11,23-24,26-27H,12-14H2,1-2H3/t23-,24-,26+,27-/m1/s1. The van der Waals surface area contributed by atoms with E-state index in [1.807, 2.05) is 48.5 Å². The third-order valence-electron chi connectivity index (χ3n) is 7.57. The highest BCUT2D eigenvalue weighted by Crippen LogP contribution is 2.63. The Morgan fingerprint density at radius 2 is 1.75 bits per heavy atom. The van der Waals surface area contributed by atoms with Crippen molar-refractivity contribution in [3.8, 4) is 23.0 Å². The molecule has 3 aromatic carbocycles. The van der Waals surface area contributed by atoms with Gasteiger partial charge < -0.3 is 28.4 Å². The summed E-state index contributed by atoms with van der Waals surface area (Å²) in [5, 5.41) is 0. The molecule has 36 heavy (non-hydrogen) atoms. The summed E-state index contributed by atoms with van der Waals surface area (Å²) in [5.74, 6) is 2.56. The topological polar surface area (TPSA) is 79.0 Å². The highest BCUT2D eigenvalue weighted by molar-refractivity contribution is 5.72. The average Bonchev–Trinajstić information content (AvgIpc) is 3.59. The van der Waals surface area contributed by atoms with Crippen molar-refractivity contribution in [2.24, 2.45) is 0 Å². The third kappa shape index (κ3) is 3.14. The molecule has 0 radical (unpaired) electrons. The van der Waals surface area contributed by atoms with Crippen LogP contribution in [0.2, 0.25) is 0 Å². The van der Waals surface area contributed by atoms with Crippen molar-refractivity contribution < 1.29 is 33.2 Å². The van der Waals surface area contributed by atoms with Gasteiger partial charge in [0.1, 0.15) is 12.7 Å². The lowest BCUT2D eigenvalue weighted by molar-refractivity contribution is 0.0610. The number of benzene rings is 3. The summed E-state index contributed by atoms with van der Waals surface area (Å²) in [4.78, 5) is 15.5. The van der Waals surface area contributed by atoms with E-state index >= 15 is 0 Å². The first-order valence-electron chi connectivity index (χ1n) is 12.0. The van der Waals surface area contributed by atoms with Gasteiger partial charge in [0.05, 0.1) is 32.9 Å². The van der Waals surface area contributed by atoms with E-state index < -0.39 is 6.09 Å². The number of epoxide rings is 1. The van der Waals surface area contributed by atoms with Crippen LogP contribution in [0.5, 0.6) is 23.0 Å². The maximum atomic E-state index is 13.7. The van der Waals surface area contributed by atoms with Gasteiger partial charge in [0.25, 0.3) is 0 Å². The molecule has 0 N–H and O–H groups in total. The van der Waals surface area contributed by atoms with Crippen LogP contribution < -0.4 is 18.9 Å². The number of nitrogens with zero attached hydrogens (tertiary/aromatic N) is 1. The van der Waals surface area contributed by atoms with Crippen LogP contribution in [-0.2, 0) is 22.6 Å². The van der Waals surface area contributed by atoms with E-state index in [1.165, 1.54) is 0 Å². The average molecular weight is 488 g/mol. The predicted molar refractivity (Wildman–Crippen MR) is 127 cm³/mol. The SMILES string of the molecule is COc1ccc2c(c1OC)CN(C(=O)OCc1ccccc1)[C@@H]1c3cc4c(cc3[C@@H]3O[C@@H]3[C@H]21)OCO4. The van der Waals surface area contributed by atoms with Crippen molar-refractivity contribution >= 4 is 6.09 Å². The van der Waals surface area contributed by atoms with Crippen molar-refractivity contribution in [2.45, 2.75) is 37.3 Å². The molecule has 8 heteroatoms. The fraction of sp³-hybridized carbons (Fsp3) is 0.321. The van der Waals surface area contributed by atoms with Crippen LogP contribution in [0.1, 0.15) is 45.9 Å². The molecule has 4 aliphatic rings. The van der Waals surface area contributed by atoms with E-state index in [4.69, 9.17) is 28.4 Å². The monoisotopic (exact) mass is 487 g/mol. The Bertz CT molecular complexity index is 1360. The largest absolute Gasteiger partial charge is 0.493 e. The van der Waals surface area contributed by atoms with Gasteiger partial charge >= 0.3 is 6.09 Å². The number of hydrogen-bond donors (Lipinski definition) is 0. The molecule has 0 saturated carbocycles.